The molecule has 1 rings (SSSR count). The summed E-state index contributed by atoms with van der Waals surface area (Å²) in [6, 6.07) is 7.31. The molecule has 0 unspecified atom stereocenters. The molecule has 0 amide bonds. The Kier molecular flexibility index (Phi) is 4.81. The lowest BCUT2D eigenvalue weighted by Crippen LogP contribution is -2.12. The Morgan fingerprint density at radius 1 is 1.29 bits per heavy atom. The quantitative estimate of drug-likeness (QED) is 0.766. The Balaban J connectivity index is 3.10. The molecule has 1 aromatic rings. The molecule has 17 heavy (non-hydrogen) atoms. The number of hydrogen-bond donors (Lipinski definition) is 0. The second kappa shape index (κ2) is 5.91. The van der Waals surface area contributed by atoms with E-state index in [4.69, 9.17) is 0 Å². The van der Waals surface area contributed by atoms with Gasteiger partial charge in [0.1, 0.15) is 0 Å². The fourth-order valence-electron chi connectivity index (χ4n) is 1.25. The summed E-state index contributed by atoms with van der Waals surface area (Å²) >= 11 is 0.855. The molecule has 0 fully saturated rings. The zero-order valence-electron chi connectivity index (χ0n) is 9.12. The number of benzene rings is 1. The van der Waals surface area contributed by atoms with Crippen molar-refractivity contribution in [2.75, 3.05) is 5.75 Å². The maximum atomic E-state index is 12.8. The van der Waals surface area contributed by atoms with Gasteiger partial charge in [-0.05, 0) is 11.3 Å². The first-order chi connectivity index (χ1) is 7.95. The lowest BCUT2D eigenvalue weighted by molar-refractivity contribution is -0.107. The van der Waals surface area contributed by atoms with Gasteiger partial charge in [0.25, 0.3) is 0 Å². The van der Waals surface area contributed by atoms with Crippen LogP contribution in [0.25, 0.3) is 5.57 Å². The predicted octanol–water partition coefficient (Wildman–Crippen LogP) is 3.91. The van der Waals surface area contributed by atoms with E-state index in [9.17, 15) is 18.0 Å². The Morgan fingerprint density at radius 2 is 1.88 bits per heavy atom. The molecule has 0 aliphatic rings. The van der Waals surface area contributed by atoms with Crippen LogP contribution in [0, 0.1) is 0 Å². The third-order valence-electron chi connectivity index (χ3n) is 1.94. The number of rotatable bonds is 3. The van der Waals surface area contributed by atoms with Crippen molar-refractivity contribution in [2.24, 2.45) is 0 Å². The summed E-state index contributed by atoms with van der Waals surface area (Å²) in [4.78, 5) is 11.3. The molecule has 0 atom stereocenters. The Hall–Kier alpha value is -1.23. The lowest BCUT2D eigenvalue weighted by Gasteiger charge is -2.11. The van der Waals surface area contributed by atoms with Crippen LogP contribution in [0.15, 0.2) is 36.4 Å². The standard InChI is InChI=1S/C12H11F3OS/c1-2-17-11(16)8-10(12(13,14)15)9-6-4-3-5-7-9/h3-8H,2H2,1H3/b10-8-. The second-order valence-corrected chi connectivity index (χ2v) is 4.44. The van der Waals surface area contributed by atoms with Crippen LogP contribution in [0.1, 0.15) is 12.5 Å². The van der Waals surface area contributed by atoms with E-state index in [-0.39, 0.29) is 5.56 Å². The highest BCUT2D eigenvalue weighted by atomic mass is 32.2. The summed E-state index contributed by atoms with van der Waals surface area (Å²) in [5.74, 6) is 0.454. The molecule has 0 N–H and O–H groups in total. The van der Waals surface area contributed by atoms with Crippen LogP contribution in [0.4, 0.5) is 13.2 Å². The summed E-state index contributed by atoms with van der Waals surface area (Å²) in [6.07, 6.45) is -3.87. The molecule has 0 bridgehead atoms. The smallest absolute Gasteiger partial charge is 0.282 e. The predicted molar refractivity (Wildman–Crippen MR) is 63.6 cm³/mol. The molecule has 1 aromatic carbocycles. The van der Waals surface area contributed by atoms with Gasteiger partial charge in [0, 0.05) is 6.08 Å². The summed E-state index contributed by atoms with van der Waals surface area (Å²) in [5, 5.41) is -0.580. The summed E-state index contributed by atoms with van der Waals surface area (Å²) < 4.78 is 38.3. The lowest BCUT2D eigenvalue weighted by atomic mass is 10.1. The Labute approximate surface area is 102 Å². The van der Waals surface area contributed by atoms with E-state index in [1.54, 1.807) is 13.0 Å². The van der Waals surface area contributed by atoms with Crippen LogP contribution in [-0.4, -0.2) is 17.0 Å². The van der Waals surface area contributed by atoms with Crippen molar-refractivity contribution < 1.29 is 18.0 Å². The van der Waals surface area contributed by atoms with Gasteiger partial charge in [-0.3, -0.25) is 4.79 Å². The van der Waals surface area contributed by atoms with Crippen molar-refractivity contribution in [3.05, 3.63) is 42.0 Å². The van der Waals surface area contributed by atoms with E-state index in [0.717, 1.165) is 11.8 Å². The molecule has 1 nitrogen and oxygen atoms in total. The molecule has 5 heteroatoms. The maximum Gasteiger partial charge on any atom is 0.417 e. The van der Waals surface area contributed by atoms with Crippen LogP contribution < -0.4 is 0 Å². The average molecular weight is 260 g/mol. The molecule has 0 saturated carbocycles. The van der Waals surface area contributed by atoms with Gasteiger partial charge in [-0.25, -0.2) is 0 Å². The molecule has 0 saturated heterocycles. The van der Waals surface area contributed by atoms with E-state index >= 15 is 0 Å². The van der Waals surface area contributed by atoms with E-state index in [0.29, 0.717) is 11.8 Å². The number of halogens is 3. The molecular formula is C12H11F3OS. The van der Waals surface area contributed by atoms with Crippen LogP contribution in [0.2, 0.25) is 0 Å². The first-order valence-corrected chi connectivity index (χ1v) is 5.94. The zero-order valence-corrected chi connectivity index (χ0v) is 9.94. The molecule has 0 radical (unpaired) electrons. The first kappa shape index (κ1) is 13.8. The largest absolute Gasteiger partial charge is 0.417 e. The number of hydrogen-bond acceptors (Lipinski definition) is 2. The molecule has 0 spiro atoms. The summed E-state index contributed by atoms with van der Waals surface area (Å²) in [6.45, 7) is 1.71. The number of carbonyl (C=O) groups excluding carboxylic acids is 1. The van der Waals surface area contributed by atoms with Crippen molar-refractivity contribution in [2.45, 2.75) is 13.1 Å². The molecular weight excluding hydrogens is 249 g/mol. The van der Waals surface area contributed by atoms with Crippen molar-refractivity contribution in [3.8, 4) is 0 Å². The minimum Gasteiger partial charge on any atom is -0.282 e. The first-order valence-electron chi connectivity index (χ1n) is 4.96. The fourth-order valence-corrected chi connectivity index (χ4v) is 1.73. The van der Waals surface area contributed by atoms with Crippen LogP contribution in [0.3, 0.4) is 0 Å². The van der Waals surface area contributed by atoms with Gasteiger partial charge in [0.15, 0.2) is 0 Å². The fraction of sp³-hybridized carbons (Fsp3) is 0.250. The van der Waals surface area contributed by atoms with Crippen LogP contribution in [0.5, 0.6) is 0 Å². The minimum absolute atomic E-state index is 0.00468. The van der Waals surface area contributed by atoms with E-state index < -0.39 is 16.9 Å². The molecule has 0 aliphatic heterocycles. The van der Waals surface area contributed by atoms with E-state index in [2.05, 4.69) is 0 Å². The molecule has 0 heterocycles. The third kappa shape index (κ3) is 4.26. The monoisotopic (exact) mass is 260 g/mol. The zero-order chi connectivity index (χ0) is 12.9. The number of carbonyl (C=O) groups is 1. The van der Waals surface area contributed by atoms with Gasteiger partial charge in [-0.1, -0.05) is 49.0 Å². The van der Waals surface area contributed by atoms with Crippen molar-refractivity contribution in [1.82, 2.24) is 0 Å². The highest BCUT2D eigenvalue weighted by Crippen LogP contribution is 2.34. The van der Waals surface area contributed by atoms with Gasteiger partial charge in [0.05, 0.1) is 5.57 Å². The third-order valence-corrected chi connectivity index (χ3v) is 2.63. The highest BCUT2D eigenvalue weighted by molar-refractivity contribution is 8.14. The number of thioether (sulfide) groups is 1. The van der Waals surface area contributed by atoms with Crippen LogP contribution >= 0.6 is 11.8 Å². The summed E-state index contributed by atoms with van der Waals surface area (Å²) in [5.41, 5.74) is -0.894. The Bertz CT molecular complexity index is 410. The topological polar surface area (TPSA) is 17.1 Å². The van der Waals surface area contributed by atoms with Gasteiger partial charge in [-0.2, -0.15) is 13.2 Å². The average Bonchev–Trinajstić information content (AvgIpc) is 2.26. The van der Waals surface area contributed by atoms with E-state index in [1.165, 1.54) is 24.3 Å². The molecule has 0 aliphatic carbocycles. The normalized spacial score (nSPS) is 12.6. The van der Waals surface area contributed by atoms with Gasteiger partial charge in [-0.15, -0.1) is 0 Å². The van der Waals surface area contributed by atoms with Gasteiger partial charge < -0.3 is 0 Å². The molecule has 92 valence electrons. The molecule has 0 aromatic heterocycles. The minimum atomic E-state index is -4.52. The van der Waals surface area contributed by atoms with Crippen molar-refractivity contribution >= 4 is 22.5 Å². The number of alkyl halides is 3. The number of allylic oxidation sites excluding steroid dienone is 1. The Morgan fingerprint density at radius 3 is 2.35 bits per heavy atom. The van der Waals surface area contributed by atoms with Crippen molar-refractivity contribution in [3.63, 3.8) is 0 Å². The van der Waals surface area contributed by atoms with E-state index in [1.807, 2.05) is 0 Å². The van der Waals surface area contributed by atoms with Gasteiger partial charge in [0.2, 0.25) is 5.12 Å². The van der Waals surface area contributed by atoms with Crippen molar-refractivity contribution in [1.29, 1.82) is 0 Å². The maximum absolute atomic E-state index is 12.8. The summed E-state index contributed by atoms with van der Waals surface area (Å²) in [7, 11) is 0. The SMILES string of the molecule is CCSC(=O)/C=C(/c1ccccc1)C(F)(F)F. The van der Waals surface area contributed by atoms with Gasteiger partial charge >= 0.3 is 6.18 Å². The second-order valence-electron chi connectivity index (χ2n) is 3.17. The highest BCUT2D eigenvalue weighted by Gasteiger charge is 2.35. The van der Waals surface area contributed by atoms with Crippen LogP contribution in [-0.2, 0) is 4.79 Å².